The molecule has 0 aromatic heterocycles. The molecule has 0 atom stereocenters. The molecule has 1 amide bonds. The molecule has 0 saturated heterocycles. The number of carbonyl (C=O) groups excluding carboxylic acids is 2. The standard InChI is InChI=1S/C18H14ClNO3/c1-11(21)23-17(12-6-4-3-5-7-12)16-14-10-13(19)8-9-15(14)20(2)18(16)22/h3-10H,1-2H3/b17-16+. The van der Waals surface area contributed by atoms with Crippen LogP contribution < -0.4 is 4.90 Å². The van der Waals surface area contributed by atoms with Crippen molar-refractivity contribution in [2.45, 2.75) is 6.92 Å². The number of hydrogen-bond donors (Lipinski definition) is 0. The van der Waals surface area contributed by atoms with Crippen LogP contribution >= 0.6 is 11.6 Å². The fourth-order valence-corrected chi connectivity index (χ4v) is 2.77. The lowest BCUT2D eigenvalue weighted by Crippen LogP contribution is -2.21. The van der Waals surface area contributed by atoms with Gasteiger partial charge < -0.3 is 9.64 Å². The summed E-state index contributed by atoms with van der Waals surface area (Å²) in [6.07, 6.45) is 0. The number of amides is 1. The molecule has 2 aromatic rings. The number of rotatable bonds is 2. The second-order valence-electron chi connectivity index (χ2n) is 5.19. The lowest BCUT2D eigenvalue weighted by Gasteiger charge is -2.11. The number of nitrogens with zero attached hydrogens (tertiary/aromatic N) is 1. The molecule has 0 bridgehead atoms. The number of anilines is 1. The van der Waals surface area contributed by atoms with Crippen molar-refractivity contribution >= 4 is 40.5 Å². The molecule has 1 aliphatic rings. The van der Waals surface area contributed by atoms with Gasteiger partial charge in [-0.05, 0) is 18.2 Å². The van der Waals surface area contributed by atoms with Gasteiger partial charge in [-0.2, -0.15) is 0 Å². The predicted octanol–water partition coefficient (Wildman–Crippen LogP) is 3.75. The van der Waals surface area contributed by atoms with E-state index in [9.17, 15) is 9.59 Å². The first-order valence-corrected chi connectivity index (χ1v) is 7.43. The molecule has 1 aliphatic heterocycles. The molecule has 5 heteroatoms. The van der Waals surface area contributed by atoms with Gasteiger partial charge in [0.05, 0.1) is 11.3 Å². The number of fused-ring (bicyclic) bond motifs is 1. The average Bonchev–Trinajstić information content (AvgIpc) is 2.77. The van der Waals surface area contributed by atoms with Crippen LogP contribution in [-0.2, 0) is 14.3 Å². The molecule has 4 nitrogen and oxygen atoms in total. The smallest absolute Gasteiger partial charge is 0.308 e. The Kier molecular flexibility index (Phi) is 3.92. The molecule has 0 unspecified atom stereocenters. The second kappa shape index (κ2) is 5.89. The quantitative estimate of drug-likeness (QED) is 0.479. The van der Waals surface area contributed by atoms with E-state index in [-0.39, 0.29) is 11.7 Å². The first-order valence-electron chi connectivity index (χ1n) is 7.05. The van der Waals surface area contributed by atoms with Crippen LogP contribution in [0.15, 0.2) is 48.5 Å². The van der Waals surface area contributed by atoms with Crippen molar-refractivity contribution in [3.63, 3.8) is 0 Å². The largest absolute Gasteiger partial charge is 0.425 e. The normalized spacial score (nSPS) is 15.4. The summed E-state index contributed by atoms with van der Waals surface area (Å²) in [5, 5.41) is 0.514. The van der Waals surface area contributed by atoms with Gasteiger partial charge in [0.2, 0.25) is 0 Å². The van der Waals surface area contributed by atoms with Crippen LogP contribution in [0.2, 0.25) is 5.02 Å². The van der Waals surface area contributed by atoms with Crippen LogP contribution in [0.5, 0.6) is 0 Å². The van der Waals surface area contributed by atoms with Crippen LogP contribution in [0.4, 0.5) is 5.69 Å². The van der Waals surface area contributed by atoms with Gasteiger partial charge in [-0.15, -0.1) is 0 Å². The van der Waals surface area contributed by atoms with Gasteiger partial charge in [0.15, 0.2) is 5.76 Å². The number of benzene rings is 2. The van der Waals surface area contributed by atoms with Gasteiger partial charge in [0, 0.05) is 30.1 Å². The van der Waals surface area contributed by atoms with Crippen LogP contribution in [0.3, 0.4) is 0 Å². The molecule has 2 aromatic carbocycles. The molecule has 0 radical (unpaired) electrons. The molecule has 23 heavy (non-hydrogen) atoms. The number of likely N-dealkylation sites (N-methyl/N-ethyl adjacent to an activating group) is 1. The van der Waals surface area contributed by atoms with E-state index in [1.54, 1.807) is 37.4 Å². The van der Waals surface area contributed by atoms with Gasteiger partial charge >= 0.3 is 5.97 Å². The summed E-state index contributed by atoms with van der Waals surface area (Å²) in [7, 11) is 1.68. The van der Waals surface area contributed by atoms with E-state index in [4.69, 9.17) is 16.3 Å². The van der Waals surface area contributed by atoms with Gasteiger partial charge in [0.1, 0.15) is 0 Å². The highest BCUT2D eigenvalue weighted by Crippen LogP contribution is 2.41. The number of halogens is 1. The topological polar surface area (TPSA) is 46.6 Å². The Morgan fingerprint density at radius 1 is 1.13 bits per heavy atom. The Morgan fingerprint density at radius 2 is 1.83 bits per heavy atom. The number of esters is 1. The predicted molar refractivity (Wildman–Crippen MR) is 89.9 cm³/mol. The molecule has 0 N–H and O–H groups in total. The van der Waals surface area contributed by atoms with Crippen molar-refractivity contribution in [1.29, 1.82) is 0 Å². The van der Waals surface area contributed by atoms with Crippen LogP contribution in [0, 0.1) is 0 Å². The van der Waals surface area contributed by atoms with Crippen LogP contribution in [0.25, 0.3) is 11.3 Å². The van der Waals surface area contributed by atoms with E-state index < -0.39 is 5.97 Å². The minimum atomic E-state index is -0.484. The zero-order valence-corrected chi connectivity index (χ0v) is 13.4. The van der Waals surface area contributed by atoms with Crippen LogP contribution in [0.1, 0.15) is 18.1 Å². The maximum absolute atomic E-state index is 12.7. The average molecular weight is 328 g/mol. The Balaban J connectivity index is 2.30. The van der Waals surface area contributed by atoms with Crippen molar-refractivity contribution in [3.8, 4) is 0 Å². The van der Waals surface area contributed by atoms with E-state index in [0.29, 0.717) is 21.7 Å². The maximum Gasteiger partial charge on any atom is 0.308 e. The van der Waals surface area contributed by atoms with Crippen LogP contribution in [-0.4, -0.2) is 18.9 Å². The summed E-state index contributed by atoms with van der Waals surface area (Å²) in [6.45, 7) is 1.31. The molecule has 116 valence electrons. The Morgan fingerprint density at radius 3 is 2.48 bits per heavy atom. The third-order valence-corrected chi connectivity index (χ3v) is 3.85. The van der Waals surface area contributed by atoms with Crippen molar-refractivity contribution in [2.75, 3.05) is 11.9 Å². The van der Waals surface area contributed by atoms with Gasteiger partial charge in [-0.3, -0.25) is 9.59 Å². The third kappa shape index (κ3) is 2.73. The summed E-state index contributed by atoms with van der Waals surface area (Å²) in [6, 6.07) is 14.3. The minimum absolute atomic E-state index is 0.234. The highest BCUT2D eigenvalue weighted by atomic mass is 35.5. The Bertz CT molecular complexity index is 827. The van der Waals surface area contributed by atoms with Gasteiger partial charge in [-0.25, -0.2) is 0 Å². The first kappa shape index (κ1) is 15.3. The van der Waals surface area contributed by atoms with E-state index in [1.807, 2.05) is 18.2 Å². The van der Waals surface area contributed by atoms with Gasteiger partial charge in [0.25, 0.3) is 5.91 Å². The lowest BCUT2D eigenvalue weighted by atomic mass is 10.0. The SMILES string of the molecule is CC(=O)O/C(=C1/C(=O)N(C)c2ccc(Cl)cc21)c1ccccc1. The van der Waals surface area contributed by atoms with E-state index in [2.05, 4.69) is 0 Å². The molecule has 0 spiro atoms. The highest BCUT2D eigenvalue weighted by Gasteiger charge is 2.34. The monoisotopic (exact) mass is 327 g/mol. The number of hydrogen-bond acceptors (Lipinski definition) is 3. The molecule has 0 saturated carbocycles. The second-order valence-corrected chi connectivity index (χ2v) is 5.63. The summed E-state index contributed by atoms with van der Waals surface area (Å²) < 4.78 is 5.39. The van der Waals surface area contributed by atoms with E-state index in [0.717, 1.165) is 5.69 Å². The highest BCUT2D eigenvalue weighted by molar-refractivity contribution is 6.38. The van der Waals surface area contributed by atoms with E-state index in [1.165, 1.54) is 11.8 Å². The van der Waals surface area contributed by atoms with Crippen molar-refractivity contribution in [3.05, 3.63) is 64.7 Å². The summed E-state index contributed by atoms with van der Waals surface area (Å²) in [5.74, 6) is -0.472. The zero-order valence-electron chi connectivity index (χ0n) is 12.7. The summed E-state index contributed by atoms with van der Waals surface area (Å²) in [4.78, 5) is 25.8. The Labute approximate surface area is 138 Å². The molecular formula is C18H14ClNO3. The van der Waals surface area contributed by atoms with Crippen molar-refractivity contribution in [2.24, 2.45) is 0 Å². The first-order chi connectivity index (χ1) is 11.0. The molecular weight excluding hydrogens is 314 g/mol. The fraction of sp³-hybridized carbons (Fsp3) is 0.111. The number of carbonyl (C=O) groups is 2. The third-order valence-electron chi connectivity index (χ3n) is 3.62. The molecule has 0 fully saturated rings. The Hall–Kier alpha value is -2.59. The summed E-state index contributed by atoms with van der Waals surface area (Å²) in [5.41, 5.74) is 2.39. The molecule has 3 rings (SSSR count). The summed E-state index contributed by atoms with van der Waals surface area (Å²) >= 11 is 6.08. The number of ether oxygens (including phenoxy) is 1. The lowest BCUT2D eigenvalue weighted by molar-refractivity contribution is -0.134. The molecule has 1 heterocycles. The molecule has 0 aliphatic carbocycles. The van der Waals surface area contributed by atoms with Gasteiger partial charge in [-0.1, -0.05) is 41.9 Å². The van der Waals surface area contributed by atoms with Crippen molar-refractivity contribution < 1.29 is 14.3 Å². The maximum atomic E-state index is 12.7. The zero-order chi connectivity index (χ0) is 16.6. The minimum Gasteiger partial charge on any atom is -0.425 e. The fourth-order valence-electron chi connectivity index (χ4n) is 2.60. The van der Waals surface area contributed by atoms with Crippen molar-refractivity contribution in [1.82, 2.24) is 0 Å². The van der Waals surface area contributed by atoms with E-state index >= 15 is 0 Å².